The predicted molar refractivity (Wildman–Crippen MR) is 63.7 cm³/mol. The summed E-state index contributed by atoms with van der Waals surface area (Å²) < 4.78 is 15.2. The van der Waals surface area contributed by atoms with Gasteiger partial charge in [0.15, 0.2) is 4.77 Å². The second-order valence-corrected chi connectivity index (χ2v) is 4.25. The molecule has 2 rings (SSSR count). The van der Waals surface area contributed by atoms with Gasteiger partial charge in [-0.2, -0.15) is 0 Å². The minimum atomic E-state index is -0.525. The average Bonchev–Trinajstić information content (AvgIpc) is 2.15. The second kappa shape index (κ2) is 3.83. The molecule has 1 heterocycles. The van der Waals surface area contributed by atoms with E-state index in [9.17, 15) is 9.18 Å². The Balaban J connectivity index is 3.04. The number of H-pyrrole nitrogens is 1. The highest BCUT2D eigenvalue weighted by Crippen LogP contribution is 2.12. The molecule has 5 heteroatoms. The molecule has 0 saturated carbocycles. The molecule has 0 bridgehead atoms. The molecule has 0 spiro atoms. The third kappa shape index (κ3) is 1.57. The molecule has 0 aliphatic rings. The van der Waals surface area contributed by atoms with Gasteiger partial charge in [0.1, 0.15) is 5.82 Å². The molecule has 0 radical (unpaired) electrons. The molecule has 0 fully saturated rings. The highest BCUT2D eigenvalue weighted by atomic mass is 32.1. The third-order valence-electron chi connectivity index (χ3n) is 2.42. The van der Waals surface area contributed by atoms with Crippen LogP contribution in [0.3, 0.4) is 0 Å². The lowest BCUT2D eigenvalue weighted by molar-refractivity contribution is 0.560. The van der Waals surface area contributed by atoms with Crippen molar-refractivity contribution in [2.75, 3.05) is 0 Å². The first kappa shape index (κ1) is 11.0. The molecule has 2 aromatic rings. The molecule has 84 valence electrons. The fourth-order valence-electron chi connectivity index (χ4n) is 1.70. The van der Waals surface area contributed by atoms with Gasteiger partial charge in [0.2, 0.25) is 0 Å². The summed E-state index contributed by atoms with van der Waals surface area (Å²) in [5, 5.41) is 0.0600. The van der Waals surface area contributed by atoms with Gasteiger partial charge in [-0.25, -0.2) is 4.39 Å². The zero-order valence-electron chi connectivity index (χ0n) is 8.95. The fraction of sp³-hybridized carbons (Fsp3) is 0.273. The van der Waals surface area contributed by atoms with E-state index in [-0.39, 0.29) is 17.0 Å². The number of fused-ring (bicyclic) bond motifs is 1. The highest BCUT2D eigenvalue weighted by Gasteiger charge is 2.11. The first-order valence-corrected chi connectivity index (χ1v) is 5.36. The number of aromatic nitrogens is 2. The zero-order valence-corrected chi connectivity index (χ0v) is 9.77. The van der Waals surface area contributed by atoms with Crippen LogP contribution in [0.4, 0.5) is 4.39 Å². The molecule has 0 saturated heterocycles. The van der Waals surface area contributed by atoms with Crippen molar-refractivity contribution < 1.29 is 4.39 Å². The number of benzene rings is 1. The van der Waals surface area contributed by atoms with E-state index in [1.165, 1.54) is 10.6 Å². The van der Waals surface area contributed by atoms with Crippen molar-refractivity contribution in [2.24, 2.45) is 0 Å². The Labute approximate surface area is 96.5 Å². The molecule has 0 aliphatic heterocycles. The lowest BCUT2D eigenvalue weighted by atomic mass is 10.2. The molecule has 1 aromatic heterocycles. The summed E-state index contributed by atoms with van der Waals surface area (Å²) in [5.41, 5.74) is 0.0544. The first-order valence-electron chi connectivity index (χ1n) is 4.95. The lowest BCUT2D eigenvalue weighted by Gasteiger charge is -2.11. The van der Waals surface area contributed by atoms with Crippen LogP contribution in [0.1, 0.15) is 19.9 Å². The molecular formula is C11H11FN2OS. The number of nitrogens with zero attached hydrogens (tertiary/aromatic N) is 1. The third-order valence-corrected chi connectivity index (χ3v) is 2.72. The fourth-order valence-corrected chi connectivity index (χ4v) is 2.11. The Morgan fingerprint density at radius 2 is 2.12 bits per heavy atom. The number of halogens is 1. The highest BCUT2D eigenvalue weighted by molar-refractivity contribution is 7.71. The minimum Gasteiger partial charge on any atom is -0.331 e. The summed E-state index contributed by atoms with van der Waals surface area (Å²) in [6, 6.07) is 4.36. The summed E-state index contributed by atoms with van der Waals surface area (Å²) in [7, 11) is 0. The van der Waals surface area contributed by atoms with Gasteiger partial charge in [0.05, 0.1) is 10.9 Å². The molecule has 16 heavy (non-hydrogen) atoms. The zero-order chi connectivity index (χ0) is 11.9. The smallest absolute Gasteiger partial charge is 0.265 e. The average molecular weight is 238 g/mol. The number of aromatic amines is 1. The molecule has 0 unspecified atom stereocenters. The van der Waals surface area contributed by atoms with Crippen molar-refractivity contribution in [3.8, 4) is 0 Å². The van der Waals surface area contributed by atoms with Crippen LogP contribution >= 0.6 is 12.2 Å². The van der Waals surface area contributed by atoms with Gasteiger partial charge in [-0.1, -0.05) is 6.07 Å². The van der Waals surface area contributed by atoms with Crippen molar-refractivity contribution in [2.45, 2.75) is 19.9 Å². The Bertz CT molecular complexity index is 657. The molecule has 0 aliphatic carbocycles. The van der Waals surface area contributed by atoms with Crippen LogP contribution in [0.25, 0.3) is 10.9 Å². The Hall–Kier alpha value is -1.49. The van der Waals surface area contributed by atoms with Gasteiger partial charge in [-0.05, 0) is 38.2 Å². The Kier molecular flexibility index (Phi) is 2.63. The molecule has 0 amide bonds. The number of rotatable bonds is 1. The normalized spacial score (nSPS) is 11.2. The Morgan fingerprint density at radius 1 is 1.44 bits per heavy atom. The standard InChI is InChI=1S/C11H11FN2OS/c1-6(2)14-10(15)9-7(12)4-3-5-8(9)13-11(14)16/h3-6H,1-2H3,(H,13,16). The number of hydrogen-bond acceptors (Lipinski definition) is 2. The summed E-state index contributed by atoms with van der Waals surface area (Å²) in [6.45, 7) is 3.66. The first-order chi connectivity index (χ1) is 7.52. The van der Waals surface area contributed by atoms with Crippen LogP contribution in [0.15, 0.2) is 23.0 Å². The van der Waals surface area contributed by atoms with Gasteiger partial charge >= 0.3 is 0 Å². The maximum absolute atomic E-state index is 13.6. The van der Waals surface area contributed by atoms with Crippen molar-refractivity contribution in [3.63, 3.8) is 0 Å². The van der Waals surface area contributed by atoms with E-state index in [0.717, 1.165) is 0 Å². The quantitative estimate of drug-likeness (QED) is 0.776. The molecule has 1 aromatic carbocycles. The topological polar surface area (TPSA) is 37.8 Å². The summed E-state index contributed by atoms with van der Waals surface area (Å²) in [5.74, 6) is -0.525. The lowest BCUT2D eigenvalue weighted by Crippen LogP contribution is -2.24. The Morgan fingerprint density at radius 3 is 2.75 bits per heavy atom. The molecule has 0 atom stereocenters. The van der Waals surface area contributed by atoms with Crippen LogP contribution in [-0.4, -0.2) is 9.55 Å². The predicted octanol–water partition coefficient (Wildman–Crippen LogP) is 2.78. The largest absolute Gasteiger partial charge is 0.331 e. The SMILES string of the molecule is CC(C)n1c(=S)[nH]c2cccc(F)c2c1=O. The number of nitrogens with one attached hydrogen (secondary N) is 1. The maximum atomic E-state index is 13.6. The van der Waals surface area contributed by atoms with Gasteiger partial charge in [0, 0.05) is 6.04 Å². The van der Waals surface area contributed by atoms with E-state index in [1.807, 2.05) is 13.8 Å². The van der Waals surface area contributed by atoms with Crippen molar-refractivity contribution in [1.29, 1.82) is 0 Å². The van der Waals surface area contributed by atoms with Gasteiger partial charge in [-0.3, -0.25) is 9.36 Å². The summed E-state index contributed by atoms with van der Waals surface area (Å²) >= 11 is 5.07. The minimum absolute atomic E-state index is 0.0600. The monoisotopic (exact) mass is 238 g/mol. The van der Waals surface area contributed by atoms with Crippen molar-refractivity contribution in [1.82, 2.24) is 9.55 Å². The van der Waals surface area contributed by atoms with Crippen LogP contribution in [0.2, 0.25) is 0 Å². The van der Waals surface area contributed by atoms with Crippen LogP contribution < -0.4 is 5.56 Å². The van der Waals surface area contributed by atoms with Crippen LogP contribution in [0.5, 0.6) is 0 Å². The number of hydrogen-bond donors (Lipinski definition) is 1. The van der Waals surface area contributed by atoms with Crippen molar-refractivity contribution in [3.05, 3.63) is 39.1 Å². The molecule has 1 N–H and O–H groups in total. The molecular weight excluding hydrogens is 227 g/mol. The van der Waals surface area contributed by atoms with E-state index in [2.05, 4.69) is 4.98 Å². The van der Waals surface area contributed by atoms with Gasteiger partial charge < -0.3 is 4.98 Å². The van der Waals surface area contributed by atoms with E-state index in [1.54, 1.807) is 12.1 Å². The summed E-state index contributed by atoms with van der Waals surface area (Å²) in [6.07, 6.45) is 0. The molecule has 3 nitrogen and oxygen atoms in total. The van der Waals surface area contributed by atoms with Crippen molar-refractivity contribution >= 4 is 23.1 Å². The van der Waals surface area contributed by atoms with Crippen LogP contribution in [0, 0.1) is 10.6 Å². The van der Waals surface area contributed by atoms with Gasteiger partial charge in [0.25, 0.3) is 5.56 Å². The maximum Gasteiger partial charge on any atom is 0.265 e. The summed E-state index contributed by atoms with van der Waals surface area (Å²) in [4.78, 5) is 14.9. The van der Waals surface area contributed by atoms with E-state index < -0.39 is 5.82 Å². The van der Waals surface area contributed by atoms with E-state index >= 15 is 0 Å². The van der Waals surface area contributed by atoms with E-state index in [4.69, 9.17) is 12.2 Å². The van der Waals surface area contributed by atoms with Gasteiger partial charge in [-0.15, -0.1) is 0 Å². The van der Waals surface area contributed by atoms with E-state index in [0.29, 0.717) is 10.3 Å². The van der Waals surface area contributed by atoms with Crippen LogP contribution in [-0.2, 0) is 0 Å². The second-order valence-electron chi connectivity index (χ2n) is 3.86.